The monoisotopic (exact) mass is 489 g/mol. The van der Waals surface area contributed by atoms with E-state index in [4.69, 9.17) is 11.6 Å². The fourth-order valence-corrected chi connectivity index (χ4v) is 4.12. The number of nitrogens with one attached hydrogen (secondary N) is 1. The number of benzene rings is 2. The van der Waals surface area contributed by atoms with Crippen molar-refractivity contribution < 1.29 is 9.53 Å². The zero-order valence-corrected chi connectivity index (χ0v) is 20.5. The molecule has 0 saturated heterocycles. The lowest BCUT2D eigenvalue weighted by Gasteiger charge is -2.11. The van der Waals surface area contributed by atoms with Gasteiger partial charge in [0.2, 0.25) is 6.41 Å². The molecule has 8 nitrogen and oxygen atoms in total. The number of fused-ring (bicyclic) bond motifs is 3. The van der Waals surface area contributed by atoms with Gasteiger partial charge in [0, 0.05) is 43.4 Å². The number of anilines is 1. The summed E-state index contributed by atoms with van der Waals surface area (Å²) in [6, 6.07) is 15.0. The van der Waals surface area contributed by atoms with Gasteiger partial charge in [-0.05, 0) is 54.4 Å². The molecule has 0 bridgehead atoms. The van der Waals surface area contributed by atoms with Gasteiger partial charge in [0.25, 0.3) is 0 Å². The summed E-state index contributed by atoms with van der Waals surface area (Å²) in [7, 11) is 4.99. The third-order valence-electron chi connectivity index (χ3n) is 5.67. The maximum absolute atomic E-state index is 13.3. The van der Waals surface area contributed by atoms with E-state index in [0.29, 0.717) is 17.3 Å². The Bertz CT molecular complexity index is 1590. The first-order chi connectivity index (χ1) is 16.9. The lowest BCUT2D eigenvalue weighted by atomic mass is 10.0. The molecule has 0 aliphatic heterocycles. The third-order valence-corrected chi connectivity index (χ3v) is 6.08. The summed E-state index contributed by atoms with van der Waals surface area (Å²) in [6.45, 7) is 1.90. The van der Waals surface area contributed by atoms with Crippen LogP contribution in [0.4, 0.5) is 5.82 Å². The minimum Gasteiger partial charge on any atom is -0.388 e. The molecule has 0 spiro atoms. The number of halogens is 1. The van der Waals surface area contributed by atoms with Crippen molar-refractivity contribution in [1.82, 2.24) is 19.1 Å². The van der Waals surface area contributed by atoms with Gasteiger partial charge in [-0.15, -0.1) is 0 Å². The Kier molecular flexibility index (Phi) is 6.95. The average Bonchev–Trinajstić information content (AvgIpc) is 3.12. The Morgan fingerprint density at radius 3 is 2.46 bits per heavy atom. The molecule has 3 heterocycles. The van der Waals surface area contributed by atoms with E-state index in [9.17, 15) is 9.59 Å². The fourth-order valence-electron chi connectivity index (χ4n) is 3.95. The Balaban J connectivity index is 0.000000917. The van der Waals surface area contributed by atoms with Crippen molar-refractivity contribution in [2.24, 2.45) is 7.05 Å². The molecule has 3 aromatic heterocycles. The number of rotatable bonds is 4. The van der Waals surface area contributed by atoms with Crippen molar-refractivity contribution >= 4 is 45.8 Å². The molecule has 2 aromatic carbocycles. The van der Waals surface area contributed by atoms with E-state index in [1.54, 1.807) is 48.9 Å². The highest BCUT2D eigenvalue weighted by Crippen LogP contribution is 2.31. The van der Waals surface area contributed by atoms with Gasteiger partial charge in [0.05, 0.1) is 28.4 Å². The van der Waals surface area contributed by atoms with Crippen LogP contribution in [0, 0.1) is 6.92 Å². The molecule has 35 heavy (non-hydrogen) atoms. The van der Waals surface area contributed by atoms with E-state index in [1.165, 1.54) is 0 Å². The molecule has 0 aliphatic rings. The molecule has 9 heteroatoms. The van der Waals surface area contributed by atoms with Crippen molar-refractivity contribution in [1.29, 1.82) is 0 Å². The molecule has 5 aromatic rings. The average molecular weight is 490 g/mol. The van der Waals surface area contributed by atoms with Crippen LogP contribution in [0.25, 0.3) is 38.8 Å². The Morgan fingerprint density at radius 2 is 1.77 bits per heavy atom. The second-order valence-corrected chi connectivity index (χ2v) is 8.29. The number of ether oxygens (including phenoxy) is 1. The Morgan fingerprint density at radius 1 is 1.03 bits per heavy atom. The lowest BCUT2D eigenvalue weighted by Crippen LogP contribution is -2.21. The molecule has 178 valence electrons. The van der Waals surface area contributed by atoms with Crippen LogP contribution in [0.3, 0.4) is 0 Å². The highest BCUT2D eigenvalue weighted by atomic mass is 35.5. The van der Waals surface area contributed by atoms with Crippen molar-refractivity contribution in [3.63, 3.8) is 0 Å². The topological polar surface area (TPSA) is 91.0 Å². The van der Waals surface area contributed by atoms with Crippen LogP contribution >= 0.6 is 11.6 Å². The molecular formula is C26H24ClN5O3. The van der Waals surface area contributed by atoms with Gasteiger partial charge < -0.3 is 10.1 Å². The van der Waals surface area contributed by atoms with Crippen molar-refractivity contribution in [2.75, 3.05) is 19.5 Å². The summed E-state index contributed by atoms with van der Waals surface area (Å²) in [6.07, 6.45) is 4.00. The number of aromatic nitrogens is 4. The van der Waals surface area contributed by atoms with Crippen molar-refractivity contribution in [3.05, 3.63) is 82.0 Å². The highest BCUT2D eigenvalue weighted by Gasteiger charge is 2.18. The van der Waals surface area contributed by atoms with Gasteiger partial charge in [-0.25, -0.2) is 9.78 Å². The summed E-state index contributed by atoms with van der Waals surface area (Å²) in [4.78, 5) is 32.7. The van der Waals surface area contributed by atoms with E-state index < -0.39 is 0 Å². The van der Waals surface area contributed by atoms with Gasteiger partial charge >= 0.3 is 5.69 Å². The molecule has 0 fully saturated rings. The predicted octanol–water partition coefficient (Wildman–Crippen LogP) is 4.73. The Labute approximate surface area is 206 Å². The highest BCUT2D eigenvalue weighted by molar-refractivity contribution is 6.31. The number of hydrogen-bond acceptors (Lipinski definition) is 5. The molecule has 0 saturated carbocycles. The van der Waals surface area contributed by atoms with Gasteiger partial charge in [-0.3, -0.25) is 18.9 Å². The first kappa shape index (κ1) is 24.1. The van der Waals surface area contributed by atoms with Crippen LogP contribution in [-0.2, 0) is 16.6 Å². The third kappa shape index (κ3) is 4.41. The predicted molar refractivity (Wildman–Crippen MR) is 139 cm³/mol. The minimum atomic E-state index is -0.170. The van der Waals surface area contributed by atoms with E-state index >= 15 is 0 Å². The summed E-state index contributed by atoms with van der Waals surface area (Å²) in [5, 5.41) is 3.97. The number of methoxy groups -OCH3 is 1. The first-order valence-corrected chi connectivity index (χ1v) is 11.1. The summed E-state index contributed by atoms with van der Waals surface area (Å²) >= 11 is 6.36. The molecule has 0 unspecified atom stereocenters. The Hall–Kier alpha value is -4.01. The molecule has 1 amide bonds. The SMILES string of the molecule is COC.Cc1c(Cl)cccc1-n1c(=O)n(C)c2cnc3ccc(-c4ccc(NC=O)nc4)cc3c21. The lowest BCUT2D eigenvalue weighted by molar-refractivity contribution is -0.105. The zero-order valence-electron chi connectivity index (χ0n) is 19.7. The fraction of sp³-hybridized carbons (Fsp3) is 0.154. The maximum atomic E-state index is 13.3. The number of carbonyl (C=O) groups excluding carboxylic acids is 1. The summed E-state index contributed by atoms with van der Waals surface area (Å²) < 4.78 is 7.54. The molecule has 1 N–H and O–H groups in total. The number of aryl methyl sites for hydroxylation is 1. The van der Waals surface area contributed by atoms with Crippen molar-refractivity contribution in [3.8, 4) is 16.8 Å². The quantitative estimate of drug-likeness (QED) is 0.368. The maximum Gasteiger partial charge on any atom is 0.333 e. The number of amides is 1. The van der Waals surface area contributed by atoms with E-state index in [0.717, 1.165) is 44.3 Å². The van der Waals surface area contributed by atoms with Gasteiger partial charge in [-0.1, -0.05) is 23.7 Å². The van der Waals surface area contributed by atoms with Crippen LogP contribution in [0.5, 0.6) is 0 Å². The number of hydrogen-bond donors (Lipinski definition) is 1. The standard InChI is InChI=1S/C24H18ClN5O2.C2H6O/c1-14-18(25)4-3-5-20(14)30-23-17-10-15(16-7-9-22(27-11-16)28-13-31)6-8-19(17)26-12-21(23)29(2)24(30)32;1-3-2/h3-13H,1-2H3,(H,27,28,31);1-2H3. The smallest absolute Gasteiger partial charge is 0.333 e. The van der Waals surface area contributed by atoms with Crippen LogP contribution in [0.2, 0.25) is 5.02 Å². The van der Waals surface area contributed by atoms with Crippen molar-refractivity contribution in [2.45, 2.75) is 6.92 Å². The molecule has 0 atom stereocenters. The molecule has 5 rings (SSSR count). The van der Waals surface area contributed by atoms with Crippen LogP contribution in [0.1, 0.15) is 5.56 Å². The number of nitrogens with zero attached hydrogens (tertiary/aromatic N) is 4. The summed E-state index contributed by atoms with van der Waals surface area (Å²) in [5.74, 6) is 0.474. The number of pyridine rings is 2. The largest absolute Gasteiger partial charge is 0.388 e. The van der Waals surface area contributed by atoms with Gasteiger partial charge in [0.15, 0.2) is 0 Å². The van der Waals surface area contributed by atoms with Crippen LogP contribution < -0.4 is 11.0 Å². The number of imidazole rings is 1. The summed E-state index contributed by atoms with van der Waals surface area (Å²) in [5.41, 5.74) is 5.45. The number of carbonyl (C=O) groups is 1. The molecule has 0 radical (unpaired) electrons. The molecule has 0 aliphatic carbocycles. The normalized spacial score (nSPS) is 10.8. The van der Waals surface area contributed by atoms with E-state index in [-0.39, 0.29) is 5.69 Å². The van der Waals surface area contributed by atoms with Gasteiger partial charge in [-0.2, -0.15) is 0 Å². The minimum absolute atomic E-state index is 0.170. The molecular weight excluding hydrogens is 466 g/mol. The van der Waals surface area contributed by atoms with Crippen LogP contribution in [-0.4, -0.2) is 39.7 Å². The van der Waals surface area contributed by atoms with E-state index in [1.807, 2.05) is 49.4 Å². The second kappa shape index (κ2) is 10.1. The van der Waals surface area contributed by atoms with E-state index in [2.05, 4.69) is 20.0 Å². The first-order valence-electron chi connectivity index (χ1n) is 10.7. The van der Waals surface area contributed by atoms with Crippen LogP contribution in [0.15, 0.2) is 65.7 Å². The van der Waals surface area contributed by atoms with Gasteiger partial charge in [0.1, 0.15) is 5.82 Å². The zero-order chi connectivity index (χ0) is 25.1. The second-order valence-electron chi connectivity index (χ2n) is 7.89.